The van der Waals surface area contributed by atoms with Gasteiger partial charge in [0, 0.05) is 31.6 Å². The number of aromatic amines is 1. The van der Waals surface area contributed by atoms with Gasteiger partial charge in [0.05, 0.1) is 17.7 Å². The zero-order valence-corrected chi connectivity index (χ0v) is 16.9. The molecule has 0 aliphatic carbocycles. The molecule has 3 heterocycles. The Bertz CT molecular complexity index is 990. The molecule has 9 heteroatoms. The number of carbonyl (C=O) groups excluding carboxylic acids is 2. The molecule has 8 nitrogen and oxygen atoms in total. The third-order valence-electron chi connectivity index (χ3n) is 4.98. The summed E-state index contributed by atoms with van der Waals surface area (Å²) in [7, 11) is 0. The first-order valence-electron chi connectivity index (χ1n) is 9.18. The van der Waals surface area contributed by atoms with E-state index >= 15 is 0 Å². The third-order valence-corrected chi connectivity index (χ3v) is 5.37. The maximum Gasteiger partial charge on any atom is 0.268 e. The van der Waals surface area contributed by atoms with Gasteiger partial charge >= 0.3 is 0 Å². The number of halogens is 1. The van der Waals surface area contributed by atoms with Gasteiger partial charge in [-0.15, -0.1) is 0 Å². The molecule has 0 saturated carbocycles. The van der Waals surface area contributed by atoms with Gasteiger partial charge in [0.1, 0.15) is 11.7 Å². The van der Waals surface area contributed by atoms with Gasteiger partial charge in [-0.1, -0.05) is 30.3 Å². The molecule has 1 aromatic carbocycles. The van der Waals surface area contributed by atoms with Crippen LogP contribution in [0.25, 0.3) is 11.1 Å². The summed E-state index contributed by atoms with van der Waals surface area (Å²) in [4.78, 5) is 30.2. The molecule has 152 valence electrons. The monoisotopic (exact) mass is 461 g/mol. The van der Waals surface area contributed by atoms with E-state index in [4.69, 9.17) is 4.42 Å². The summed E-state index contributed by atoms with van der Waals surface area (Å²) in [5.41, 5.74) is 2.35. The fourth-order valence-electron chi connectivity index (χ4n) is 3.47. The van der Waals surface area contributed by atoms with Crippen molar-refractivity contribution in [3.8, 4) is 0 Å². The van der Waals surface area contributed by atoms with Crippen LogP contribution in [-0.2, 0) is 11.2 Å². The minimum absolute atomic E-state index is 0.0324. The molecular formula is C20H20BrN3O5. The Labute approximate surface area is 174 Å². The van der Waals surface area contributed by atoms with E-state index < -0.39 is 24.2 Å². The van der Waals surface area contributed by atoms with Crippen LogP contribution >= 0.6 is 15.9 Å². The van der Waals surface area contributed by atoms with Crippen molar-refractivity contribution >= 4 is 38.8 Å². The molecule has 1 fully saturated rings. The van der Waals surface area contributed by atoms with Gasteiger partial charge in [0.2, 0.25) is 5.91 Å². The number of β-amino-alcohol motifs (C(OH)–C–C–N with tert-alkyl or cyclic N) is 2. The molecule has 3 atom stereocenters. The van der Waals surface area contributed by atoms with E-state index in [0.717, 1.165) is 5.56 Å². The topological polar surface area (TPSA) is 119 Å². The van der Waals surface area contributed by atoms with Crippen LogP contribution in [-0.4, -0.2) is 63.3 Å². The van der Waals surface area contributed by atoms with Crippen molar-refractivity contribution in [2.75, 3.05) is 13.1 Å². The minimum atomic E-state index is -0.985. The van der Waals surface area contributed by atoms with Crippen LogP contribution in [0.5, 0.6) is 0 Å². The first-order chi connectivity index (χ1) is 13.9. The molecule has 1 saturated heterocycles. The summed E-state index contributed by atoms with van der Waals surface area (Å²) in [5.74, 6) is -0.794. The zero-order chi connectivity index (χ0) is 20.5. The number of carbonyl (C=O) groups is 2. The standard InChI is InChI=1S/C20H20BrN3O5/c21-18-8-12-17(29-18)7-13(22-12)19(27)23-14(6-11-4-2-1-3-5-11)20(28)24-9-15(25)16(26)10-24/h1-5,7-8,14-16,22,25-26H,6,9-10H2,(H,23,27)/t14-,15-,16+/m0/s1. The van der Waals surface area contributed by atoms with E-state index in [9.17, 15) is 19.8 Å². The summed E-state index contributed by atoms with van der Waals surface area (Å²) in [6, 6.07) is 11.8. The highest BCUT2D eigenvalue weighted by Crippen LogP contribution is 2.24. The lowest BCUT2D eigenvalue weighted by Gasteiger charge is -2.24. The van der Waals surface area contributed by atoms with Crippen molar-refractivity contribution in [1.82, 2.24) is 15.2 Å². The maximum atomic E-state index is 13.0. The molecule has 2 aromatic heterocycles. The second-order valence-corrected chi connectivity index (χ2v) is 7.89. The number of likely N-dealkylation sites (tertiary alicyclic amines) is 1. The van der Waals surface area contributed by atoms with Crippen LogP contribution in [0.15, 0.2) is 51.6 Å². The fourth-order valence-corrected chi connectivity index (χ4v) is 3.87. The average Bonchev–Trinajstić information content (AvgIpc) is 3.34. The van der Waals surface area contributed by atoms with Gasteiger partial charge in [-0.05, 0) is 21.5 Å². The van der Waals surface area contributed by atoms with Crippen molar-refractivity contribution in [3.05, 3.63) is 58.4 Å². The van der Waals surface area contributed by atoms with E-state index in [1.54, 1.807) is 12.1 Å². The lowest BCUT2D eigenvalue weighted by atomic mass is 10.0. The molecule has 1 aliphatic rings. The van der Waals surface area contributed by atoms with Crippen LogP contribution in [0.1, 0.15) is 16.1 Å². The number of furan rings is 1. The smallest absolute Gasteiger partial charge is 0.268 e. The number of benzene rings is 1. The van der Waals surface area contributed by atoms with Gasteiger partial charge < -0.3 is 29.8 Å². The highest BCUT2D eigenvalue weighted by atomic mass is 79.9. The predicted molar refractivity (Wildman–Crippen MR) is 108 cm³/mol. The summed E-state index contributed by atoms with van der Waals surface area (Å²) in [6.45, 7) is 0.0647. The molecule has 3 aromatic rings. The van der Waals surface area contributed by atoms with E-state index in [2.05, 4.69) is 26.2 Å². The molecule has 0 spiro atoms. The molecule has 2 amide bonds. The number of nitrogens with one attached hydrogen (secondary N) is 2. The average molecular weight is 462 g/mol. The van der Waals surface area contributed by atoms with Crippen LogP contribution in [0.3, 0.4) is 0 Å². The van der Waals surface area contributed by atoms with Crippen molar-refractivity contribution < 1.29 is 24.2 Å². The Balaban J connectivity index is 1.54. The number of aliphatic hydroxyl groups excluding tert-OH is 2. The largest absolute Gasteiger partial charge is 0.448 e. The number of amides is 2. The second-order valence-electron chi connectivity index (χ2n) is 7.11. The SMILES string of the molecule is O=C(N[C@@H](Cc1ccccc1)C(=O)N1C[C@@H](O)[C@@H](O)C1)c1cc2oc(Br)cc2[nH]1. The van der Waals surface area contributed by atoms with Crippen LogP contribution in [0, 0.1) is 0 Å². The fraction of sp³-hybridized carbons (Fsp3) is 0.300. The summed E-state index contributed by atoms with van der Waals surface area (Å²) in [5, 5.41) is 22.3. The molecule has 0 bridgehead atoms. The Hall–Kier alpha value is -2.62. The lowest BCUT2D eigenvalue weighted by Crippen LogP contribution is -2.49. The normalized spacial score (nSPS) is 20.2. The number of nitrogens with zero attached hydrogens (tertiary/aromatic N) is 1. The zero-order valence-electron chi connectivity index (χ0n) is 15.3. The molecule has 0 radical (unpaired) electrons. The predicted octanol–water partition coefficient (Wildman–Crippen LogP) is 1.43. The number of rotatable bonds is 5. The van der Waals surface area contributed by atoms with E-state index in [1.165, 1.54) is 4.90 Å². The van der Waals surface area contributed by atoms with Crippen molar-refractivity contribution in [1.29, 1.82) is 0 Å². The van der Waals surface area contributed by atoms with Gasteiger partial charge in [-0.25, -0.2) is 0 Å². The van der Waals surface area contributed by atoms with Crippen LogP contribution < -0.4 is 5.32 Å². The Morgan fingerprint density at radius 3 is 2.55 bits per heavy atom. The highest BCUT2D eigenvalue weighted by Gasteiger charge is 2.36. The summed E-state index contributed by atoms with van der Waals surface area (Å²) in [6.07, 6.45) is -1.68. The Morgan fingerprint density at radius 2 is 1.90 bits per heavy atom. The van der Waals surface area contributed by atoms with Crippen LogP contribution in [0.4, 0.5) is 0 Å². The van der Waals surface area contributed by atoms with Crippen molar-refractivity contribution in [2.45, 2.75) is 24.7 Å². The summed E-state index contributed by atoms with van der Waals surface area (Å²) < 4.78 is 5.98. The third kappa shape index (κ3) is 4.21. The molecule has 29 heavy (non-hydrogen) atoms. The van der Waals surface area contributed by atoms with E-state index in [-0.39, 0.29) is 31.1 Å². The van der Waals surface area contributed by atoms with Crippen molar-refractivity contribution in [2.24, 2.45) is 0 Å². The quantitative estimate of drug-likeness (QED) is 0.458. The van der Waals surface area contributed by atoms with Crippen LogP contribution in [0.2, 0.25) is 0 Å². The molecule has 4 rings (SSSR count). The number of H-pyrrole nitrogens is 1. The Morgan fingerprint density at radius 1 is 1.21 bits per heavy atom. The molecule has 1 aliphatic heterocycles. The second kappa shape index (κ2) is 8.02. The molecule has 0 unspecified atom stereocenters. The van der Waals surface area contributed by atoms with Gasteiger partial charge in [-0.3, -0.25) is 9.59 Å². The van der Waals surface area contributed by atoms with E-state index in [1.807, 2.05) is 30.3 Å². The minimum Gasteiger partial charge on any atom is -0.448 e. The van der Waals surface area contributed by atoms with Gasteiger partial charge in [0.25, 0.3) is 5.91 Å². The van der Waals surface area contributed by atoms with Crippen molar-refractivity contribution in [3.63, 3.8) is 0 Å². The lowest BCUT2D eigenvalue weighted by molar-refractivity contribution is -0.132. The molecule has 4 N–H and O–H groups in total. The molecular weight excluding hydrogens is 442 g/mol. The first-order valence-corrected chi connectivity index (χ1v) is 9.98. The van der Waals surface area contributed by atoms with E-state index in [0.29, 0.717) is 15.8 Å². The number of fused-ring (bicyclic) bond motifs is 1. The number of aliphatic hydroxyl groups is 2. The Kier molecular flexibility index (Phi) is 5.44. The number of hydrogen-bond acceptors (Lipinski definition) is 5. The highest BCUT2D eigenvalue weighted by molar-refractivity contribution is 9.10. The maximum absolute atomic E-state index is 13.0. The summed E-state index contributed by atoms with van der Waals surface area (Å²) >= 11 is 3.23. The number of hydrogen-bond donors (Lipinski definition) is 4. The first kappa shape index (κ1) is 19.7. The van der Waals surface area contributed by atoms with Gasteiger partial charge in [0.15, 0.2) is 10.3 Å². The van der Waals surface area contributed by atoms with Gasteiger partial charge in [-0.2, -0.15) is 0 Å². The number of aromatic nitrogens is 1.